The Morgan fingerprint density at radius 1 is 1.30 bits per heavy atom. The normalized spacial score (nSPS) is 15.2. The maximum atomic E-state index is 12.2. The smallest absolute Gasteiger partial charge is 0.258 e. The molecule has 0 bridgehead atoms. The summed E-state index contributed by atoms with van der Waals surface area (Å²) in [6.45, 7) is 1.35. The SMILES string of the molecule is O=C(Nc1ccccn1)c1cnc(OC2CCOCC2)c(Cl)c1. The number of pyridine rings is 2. The van der Waals surface area contributed by atoms with Crippen LogP contribution in [0.2, 0.25) is 5.02 Å². The minimum atomic E-state index is -0.323. The number of carbonyl (C=O) groups is 1. The fourth-order valence-corrected chi connectivity index (χ4v) is 2.42. The van der Waals surface area contributed by atoms with E-state index in [1.165, 1.54) is 6.20 Å². The highest BCUT2D eigenvalue weighted by molar-refractivity contribution is 6.32. The zero-order chi connectivity index (χ0) is 16.1. The van der Waals surface area contributed by atoms with Gasteiger partial charge in [-0.3, -0.25) is 4.79 Å². The monoisotopic (exact) mass is 333 g/mol. The lowest BCUT2D eigenvalue weighted by atomic mass is 10.1. The number of ether oxygens (including phenoxy) is 2. The van der Waals surface area contributed by atoms with E-state index in [2.05, 4.69) is 15.3 Å². The van der Waals surface area contributed by atoms with E-state index < -0.39 is 0 Å². The Kier molecular flexibility index (Phi) is 5.05. The van der Waals surface area contributed by atoms with E-state index in [4.69, 9.17) is 21.1 Å². The number of anilines is 1. The number of aromatic nitrogens is 2. The van der Waals surface area contributed by atoms with Crippen molar-refractivity contribution in [3.63, 3.8) is 0 Å². The van der Waals surface area contributed by atoms with Gasteiger partial charge < -0.3 is 14.8 Å². The van der Waals surface area contributed by atoms with Gasteiger partial charge in [0.1, 0.15) is 16.9 Å². The second-order valence-corrected chi connectivity index (χ2v) is 5.52. The topological polar surface area (TPSA) is 73.3 Å². The quantitative estimate of drug-likeness (QED) is 0.931. The summed E-state index contributed by atoms with van der Waals surface area (Å²) in [5.41, 5.74) is 0.347. The van der Waals surface area contributed by atoms with Gasteiger partial charge in [0.05, 0.1) is 18.8 Å². The Morgan fingerprint density at radius 3 is 2.83 bits per heavy atom. The van der Waals surface area contributed by atoms with Crippen LogP contribution in [-0.4, -0.2) is 35.2 Å². The van der Waals surface area contributed by atoms with Gasteiger partial charge in [-0.05, 0) is 18.2 Å². The lowest BCUT2D eigenvalue weighted by Gasteiger charge is -2.23. The van der Waals surface area contributed by atoms with E-state index >= 15 is 0 Å². The first-order chi connectivity index (χ1) is 11.2. The van der Waals surface area contributed by atoms with Gasteiger partial charge in [0, 0.05) is 25.2 Å². The first-order valence-electron chi connectivity index (χ1n) is 7.35. The number of hydrogen-bond donors (Lipinski definition) is 1. The van der Waals surface area contributed by atoms with Crippen molar-refractivity contribution in [3.8, 4) is 5.88 Å². The van der Waals surface area contributed by atoms with Gasteiger partial charge in [-0.1, -0.05) is 17.7 Å². The summed E-state index contributed by atoms with van der Waals surface area (Å²) in [5.74, 6) is 0.486. The second kappa shape index (κ2) is 7.39. The summed E-state index contributed by atoms with van der Waals surface area (Å²) in [4.78, 5) is 20.4. The predicted molar refractivity (Wildman–Crippen MR) is 85.9 cm³/mol. The van der Waals surface area contributed by atoms with Crippen LogP contribution in [0, 0.1) is 0 Å². The molecule has 0 saturated carbocycles. The second-order valence-electron chi connectivity index (χ2n) is 5.11. The van der Waals surface area contributed by atoms with Gasteiger partial charge >= 0.3 is 0 Å². The number of rotatable bonds is 4. The first kappa shape index (κ1) is 15.7. The number of nitrogens with one attached hydrogen (secondary N) is 1. The molecule has 3 rings (SSSR count). The molecular weight excluding hydrogens is 318 g/mol. The third-order valence-electron chi connectivity index (χ3n) is 3.42. The molecule has 2 aromatic rings. The Balaban J connectivity index is 1.67. The molecule has 0 aromatic carbocycles. The van der Waals surface area contributed by atoms with Crippen LogP contribution in [0.4, 0.5) is 5.82 Å². The fourth-order valence-electron chi connectivity index (χ4n) is 2.21. The molecule has 0 spiro atoms. The van der Waals surface area contributed by atoms with Crippen molar-refractivity contribution in [3.05, 3.63) is 47.2 Å². The van der Waals surface area contributed by atoms with Crippen LogP contribution in [0.3, 0.4) is 0 Å². The summed E-state index contributed by atoms with van der Waals surface area (Å²) in [5, 5.41) is 2.99. The van der Waals surface area contributed by atoms with Crippen molar-refractivity contribution in [2.75, 3.05) is 18.5 Å². The molecule has 1 amide bonds. The van der Waals surface area contributed by atoms with Crippen LogP contribution in [-0.2, 0) is 4.74 Å². The lowest BCUT2D eigenvalue weighted by Crippen LogP contribution is -2.26. The maximum absolute atomic E-state index is 12.2. The number of amides is 1. The van der Waals surface area contributed by atoms with Crippen LogP contribution in [0.25, 0.3) is 0 Å². The van der Waals surface area contributed by atoms with E-state index in [0.29, 0.717) is 35.5 Å². The summed E-state index contributed by atoms with van der Waals surface area (Å²) in [6.07, 6.45) is 4.70. The molecule has 1 fully saturated rings. The molecule has 1 aliphatic rings. The summed E-state index contributed by atoms with van der Waals surface area (Å²) < 4.78 is 11.1. The summed E-state index contributed by atoms with van der Waals surface area (Å²) in [7, 11) is 0. The lowest BCUT2D eigenvalue weighted by molar-refractivity contribution is 0.0238. The van der Waals surface area contributed by atoms with E-state index in [1.54, 1.807) is 30.5 Å². The van der Waals surface area contributed by atoms with Crippen molar-refractivity contribution >= 4 is 23.3 Å². The molecule has 23 heavy (non-hydrogen) atoms. The number of carbonyl (C=O) groups excluding carboxylic acids is 1. The van der Waals surface area contributed by atoms with Crippen LogP contribution in [0.5, 0.6) is 5.88 Å². The highest BCUT2D eigenvalue weighted by Crippen LogP contribution is 2.25. The average Bonchev–Trinajstić information content (AvgIpc) is 2.58. The van der Waals surface area contributed by atoms with Crippen LogP contribution in [0.15, 0.2) is 36.7 Å². The molecular formula is C16H16ClN3O3. The largest absolute Gasteiger partial charge is 0.473 e. The van der Waals surface area contributed by atoms with E-state index in [0.717, 1.165) is 12.8 Å². The van der Waals surface area contributed by atoms with E-state index in [1.807, 2.05) is 0 Å². The minimum absolute atomic E-state index is 0.0435. The number of hydrogen-bond acceptors (Lipinski definition) is 5. The van der Waals surface area contributed by atoms with Gasteiger partial charge in [-0.15, -0.1) is 0 Å². The van der Waals surface area contributed by atoms with Crippen molar-refractivity contribution < 1.29 is 14.3 Å². The third-order valence-corrected chi connectivity index (χ3v) is 3.69. The fraction of sp³-hybridized carbons (Fsp3) is 0.312. The van der Waals surface area contributed by atoms with Crippen molar-refractivity contribution in [2.24, 2.45) is 0 Å². The van der Waals surface area contributed by atoms with Crippen LogP contribution >= 0.6 is 11.6 Å². The molecule has 1 N–H and O–H groups in total. The van der Waals surface area contributed by atoms with Crippen LogP contribution < -0.4 is 10.1 Å². The van der Waals surface area contributed by atoms with E-state index in [-0.39, 0.29) is 12.0 Å². The Morgan fingerprint density at radius 2 is 2.13 bits per heavy atom. The minimum Gasteiger partial charge on any atom is -0.473 e. The molecule has 2 aromatic heterocycles. The van der Waals surface area contributed by atoms with E-state index in [9.17, 15) is 4.79 Å². The van der Waals surface area contributed by atoms with Crippen molar-refractivity contribution in [1.82, 2.24) is 9.97 Å². The molecule has 1 aliphatic heterocycles. The predicted octanol–water partition coefficient (Wildman–Crippen LogP) is 2.94. The van der Waals surface area contributed by atoms with Gasteiger partial charge in [0.15, 0.2) is 0 Å². The summed E-state index contributed by atoms with van der Waals surface area (Å²) in [6, 6.07) is 6.81. The van der Waals surface area contributed by atoms with Gasteiger partial charge in [0.2, 0.25) is 5.88 Å². The standard InChI is InChI=1S/C16H16ClN3O3/c17-13-9-11(15(21)20-14-3-1-2-6-18-14)10-19-16(13)23-12-4-7-22-8-5-12/h1-3,6,9-10,12H,4-5,7-8H2,(H,18,20,21). The average molecular weight is 334 g/mol. The Hall–Kier alpha value is -2.18. The highest BCUT2D eigenvalue weighted by atomic mass is 35.5. The summed E-state index contributed by atoms with van der Waals surface area (Å²) >= 11 is 6.18. The van der Waals surface area contributed by atoms with Crippen molar-refractivity contribution in [1.29, 1.82) is 0 Å². The molecule has 0 aliphatic carbocycles. The molecule has 1 saturated heterocycles. The van der Waals surface area contributed by atoms with Crippen LogP contribution in [0.1, 0.15) is 23.2 Å². The van der Waals surface area contributed by atoms with Crippen molar-refractivity contribution in [2.45, 2.75) is 18.9 Å². The molecule has 6 nitrogen and oxygen atoms in total. The van der Waals surface area contributed by atoms with Gasteiger partial charge in [0.25, 0.3) is 5.91 Å². The Labute approximate surface area is 138 Å². The number of halogens is 1. The molecule has 3 heterocycles. The molecule has 7 heteroatoms. The highest BCUT2D eigenvalue weighted by Gasteiger charge is 2.18. The number of nitrogens with zero attached hydrogens (tertiary/aromatic N) is 2. The zero-order valence-electron chi connectivity index (χ0n) is 12.4. The van der Waals surface area contributed by atoms with Gasteiger partial charge in [-0.25, -0.2) is 9.97 Å². The molecule has 120 valence electrons. The Bertz CT molecular complexity index is 676. The third kappa shape index (κ3) is 4.18. The first-order valence-corrected chi connectivity index (χ1v) is 7.72. The maximum Gasteiger partial charge on any atom is 0.258 e. The molecule has 0 unspecified atom stereocenters. The zero-order valence-corrected chi connectivity index (χ0v) is 13.1. The molecule has 0 radical (unpaired) electrons. The molecule has 0 atom stereocenters. The van der Waals surface area contributed by atoms with Gasteiger partial charge in [-0.2, -0.15) is 0 Å².